The number of aromatic nitrogens is 5. The first-order valence-corrected chi connectivity index (χ1v) is 22.3. The summed E-state index contributed by atoms with van der Waals surface area (Å²) in [5.41, 5.74) is 1.52. The van der Waals surface area contributed by atoms with E-state index in [4.69, 9.17) is 21.3 Å². The number of likely N-dealkylation sites (tertiary alicyclic amines) is 2. The SMILES string of the molecule is O=C(Nc1cn(C2CCN(CC3CCC4(CC3)CCN(C(=O)c3ccc(Cl)c(N5CCCNC5=O)c3)CC4)CC2)nc1C(F)F)c1cnn2ccc(N3C[C@H]4C[C@@H]3CO4)nc12. The fraction of sp³-hybridized carbons (Fsp3) is 0.581. The maximum absolute atomic E-state index is 14.3. The van der Waals surface area contributed by atoms with E-state index in [0.717, 1.165) is 109 Å². The van der Waals surface area contributed by atoms with Crippen LogP contribution in [0.25, 0.3) is 5.65 Å². The van der Waals surface area contributed by atoms with Crippen LogP contribution in [0.15, 0.2) is 42.9 Å². The highest BCUT2D eigenvalue weighted by atomic mass is 35.5. The fourth-order valence-corrected chi connectivity index (χ4v) is 10.9. The molecule has 2 N–H and O–H groups in total. The highest BCUT2D eigenvalue weighted by Gasteiger charge is 2.41. The molecule has 6 fully saturated rings. The van der Waals surface area contributed by atoms with Crippen molar-refractivity contribution in [3.8, 4) is 0 Å². The number of alkyl halides is 2. The van der Waals surface area contributed by atoms with Crippen molar-refractivity contribution in [1.29, 1.82) is 0 Å². The first-order valence-electron chi connectivity index (χ1n) is 21.9. The largest absolute Gasteiger partial charge is 0.374 e. The quantitative estimate of drug-likeness (QED) is 0.195. The van der Waals surface area contributed by atoms with E-state index < -0.39 is 18.0 Å². The lowest BCUT2D eigenvalue weighted by molar-refractivity contribution is 0.0344. The minimum Gasteiger partial charge on any atom is -0.374 e. The molecule has 1 spiro atoms. The van der Waals surface area contributed by atoms with Crippen LogP contribution < -0.4 is 20.4 Å². The van der Waals surface area contributed by atoms with Gasteiger partial charge in [-0.05, 0) is 99.8 Å². The molecule has 2 bridgehead atoms. The lowest BCUT2D eigenvalue weighted by Crippen LogP contribution is -2.47. The molecule has 8 heterocycles. The van der Waals surface area contributed by atoms with Crippen LogP contribution in [0.3, 0.4) is 0 Å². The van der Waals surface area contributed by atoms with Crippen molar-refractivity contribution in [2.75, 3.05) is 74.1 Å². The smallest absolute Gasteiger partial charge is 0.321 e. The topological polar surface area (TPSA) is 145 Å². The zero-order valence-corrected chi connectivity index (χ0v) is 34.9. The van der Waals surface area contributed by atoms with E-state index in [1.54, 1.807) is 40.2 Å². The number of nitrogens with one attached hydrogen (secondary N) is 2. The lowest BCUT2D eigenvalue weighted by atomic mass is 9.65. The van der Waals surface area contributed by atoms with Gasteiger partial charge in [-0.3, -0.25) is 19.2 Å². The standard InChI is InChI=1S/C43H52ClF2N11O4/c44-33-3-2-28(20-35(33)54-14-1-13-47-42(54)60)41(59)53-18-11-43(12-19-53)9-4-27(5-10-43)23-52-15-6-29(7-16-52)57-25-34(37(51-57)38(45)46)49-40(58)32-22-48-56-17-8-36(50-39(32)56)55-24-31-21-30(55)26-61-31/h2-3,8,17,20,22,25,27,29-31,38H,1,4-7,9-16,18-19,21,23-24,26H2,(H,47,60)(H,49,58)/t30-,31-/m1/s1. The van der Waals surface area contributed by atoms with Gasteiger partial charge in [0.2, 0.25) is 0 Å². The minimum atomic E-state index is -2.85. The van der Waals surface area contributed by atoms with Gasteiger partial charge in [-0.25, -0.2) is 23.1 Å². The molecule has 61 heavy (non-hydrogen) atoms. The molecule has 1 saturated carbocycles. The van der Waals surface area contributed by atoms with Crippen LogP contribution in [0.1, 0.15) is 103 Å². The van der Waals surface area contributed by atoms with Gasteiger partial charge < -0.3 is 30.1 Å². The molecule has 2 atom stereocenters. The Morgan fingerprint density at radius 3 is 2.54 bits per heavy atom. The third-order valence-electron chi connectivity index (χ3n) is 14.3. The molecule has 15 nitrogen and oxygen atoms in total. The van der Waals surface area contributed by atoms with Gasteiger partial charge in [-0.2, -0.15) is 10.2 Å². The van der Waals surface area contributed by atoms with Gasteiger partial charge >= 0.3 is 6.03 Å². The number of halogens is 3. The predicted octanol–water partition coefficient (Wildman–Crippen LogP) is 6.42. The van der Waals surface area contributed by atoms with Gasteiger partial charge in [-0.1, -0.05) is 11.6 Å². The van der Waals surface area contributed by atoms with Crippen molar-refractivity contribution in [2.24, 2.45) is 11.3 Å². The molecule has 3 aromatic heterocycles. The summed E-state index contributed by atoms with van der Waals surface area (Å²) in [4.78, 5) is 52.7. The molecule has 0 radical (unpaired) electrons. The van der Waals surface area contributed by atoms with E-state index in [-0.39, 0.29) is 46.8 Å². The first kappa shape index (κ1) is 40.2. The number of piperidine rings is 2. The Balaban J connectivity index is 0.703. The number of morpholine rings is 1. The highest BCUT2D eigenvalue weighted by molar-refractivity contribution is 6.34. The van der Waals surface area contributed by atoms with E-state index >= 15 is 0 Å². The number of urea groups is 1. The second-order valence-corrected chi connectivity index (χ2v) is 18.4. The number of hydrogen-bond donors (Lipinski definition) is 2. The Hall–Kier alpha value is -4.87. The second kappa shape index (κ2) is 16.4. The molecule has 10 rings (SSSR count). The normalized spacial score (nSPS) is 23.7. The average Bonchev–Trinajstić information content (AvgIpc) is 4.10. The van der Waals surface area contributed by atoms with Crippen molar-refractivity contribution >= 4 is 52.3 Å². The molecule has 5 aliphatic heterocycles. The fourth-order valence-electron chi connectivity index (χ4n) is 10.7. The Kier molecular flexibility index (Phi) is 10.8. The van der Waals surface area contributed by atoms with Crippen LogP contribution in [0.4, 0.5) is 30.8 Å². The Morgan fingerprint density at radius 1 is 1.02 bits per heavy atom. The number of rotatable bonds is 9. The summed E-state index contributed by atoms with van der Waals surface area (Å²) in [6, 6.07) is 7.11. The average molecular weight is 860 g/mol. The van der Waals surface area contributed by atoms with E-state index in [0.29, 0.717) is 47.5 Å². The van der Waals surface area contributed by atoms with Gasteiger partial charge in [-0.15, -0.1) is 0 Å². The van der Waals surface area contributed by atoms with Gasteiger partial charge in [0.15, 0.2) is 11.3 Å². The van der Waals surface area contributed by atoms with Crippen molar-refractivity contribution in [2.45, 2.75) is 88.8 Å². The number of amides is 4. The summed E-state index contributed by atoms with van der Waals surface area (Å²) >= 11 is 6.47. The van der Waals surface area contributed by atoms with Gasteiger partial charge in [0.05, 0.1) is 47.4 Å². The van der Waals surface area contributed by atoms with E-state index in [1.807, 2.05) is 11.0 Å². The summed E-state index contributed by atoms with van der Waals surface area (Å²) in [7, 11) is 0. The molecule has 18 heteroatoms. The Bertz CT molecular complexity index is 2300. The maximum Gasteiger partial charge on any atom is 0.321 e. The third kappa shape index (κ3) is 7.93. The van der Waals surface area contributed by atoms with E-state index in [9.17, 15) is 23.2 Å². The molecule has 4 aromatic rings. The van der Waals surface area contributed by atoms with E-state index in [2.05, 4.69) is 30.6 Å². The molecule has 4 amide bonds. The number of carbonyl (C=O) groups excluding carboxylic acids is 3. The number of carbonyl (C=O) groups is 3. The zero-order valence-electron chi connectivity index (χ0n) is 34.2. The van der Waals surface area contributed by atoms with Crippen LogP contribution >= 0.6 is 11.6 Å². The molecular weight excluding hydrogens is 808 g/mol. The minimum absolute atomic E-state index is 0.000654. The molecule has 1 aliphatic carbocycles. The number of anilines is 3. The van der Waals surface area contributed by atoms with Crippen LogP contribution in [-0.2, 0) is 4.74 Å². The van der Waals surface area contributed by atoms with Crippen LogP contribution in [0, 0.1) is 11.3 Å². The van der Waals surface area contributed by atoms with Gasteiger partial charge in [0.1, 0.15) is 11.4 Å². The van der Waals surface area contributed by atoms with Crippen molar-refractivity contribution in [1.82, 2.24) is 39.5 Å². The second-order valence-electron chi connectivity index (χ2n) is 17.9. The maximum atomic E-state index is 14.3. The predicted molar refractivity (Wildman–Crippen MR) is 225 cm³/mol. The van der Waals surface area contributed by atoms with E-state index in [1.165, 1.54) is 10.7 Å². The van der Waals surface area contributed by atoms with Crippen LogP contribution in [0.5, 0.6) is 0 Å². The molecule has 5 saturated heterocycles. The summed E-state index contributed by atoms with van der Waals surface area (Å²) < 4.78 is 37.5. The number of ether oxygens (including phenoxy) is 1. The summed E-state index contributed by atoms with van der Waals surface area (Å²) in [6.45, 7) is 6.76. The number of nitrogens with zero attached hydrogens (tertiary/aromatic N) is 9. The molecular formula is C43H52ClF2N11O4. The Morgan fingerprint density at radius 2 is 1.82 bits per heavy atom. The number of fused-ring (bicyclic) bond motifs is 3. The first-order chi connectivity index (χ1) is 29.6. The summed E-state index contributed by atoms with van der Waals surface area (Å²) in [5, 5.41) is 14.6. The van der Waals surface area contributed by atoms with Gasteiger partial charge in [0.25, 0.3) is 18.2 Å². The summed E-state index contributed by atoms with van der Waals surface area (Å²) in [6.07, 6.45) is 12.0. The number of benzene rings is 1. The molecule has 1 aromatic carbocycles. The third-order valence-corrected chi connectivity index (χ3v) is 14.6. The molecule has 6 aliphatic rings. The molecule has 324 valence electrons. The lowest BCUT2D eigenvalue weighted by Gasteiger charge is -2.47. The van der Waals surface area contributed by atoms with Crippen LogP contribution in [-0.4, -0.2) is 123 Å². The van der Waals surface area contributed by atoms with Crippen molar-refractivity contribution < 1.29 is 27.9 Å². The zero-order chi connectivity index (χ0) is 41.8. The molecule has 0 unspecified atom stereocenters. The van der Waals surface area contributed by atoms with Crippen molar-refractivity contribution in [3.63, 3.8) is 0 Å². The Labute approximate surface area is 357 Å². The highest BCUT2D eigenvalue weighted by Crippen LogP contribution is 2.47. The monoisotopic (exact) mass is 859 g/mol. The van der Waals surface area contributed by atoms with Crippen molar-refractivity contribution in [3.05, 3.63) is 64.7 Å². The van der Waals surface area contributed by atoms with Gasteiger partial charge in [0, 0.05) is 70.3 Å². The number of hydrogen-bond acceptors (Lipinski definition) is 9. The summed E-state index contributed by atoms with van der Waals surface area (Å²) in [5.74, 6) is 0.760. The van der Waals surface area contributed by atoms with Crippen LogP contribution in [0.2, 0.25) is 5.02 Å².